The number of benzene rings is 3. The van der Waals surface area contributed by atoms with Crippen LogP contribution in [0.1, 0.15) is 28.8 Å². The first-order chi connectivity index (χ1) is 18.8. The van der Waals surface area contributed by atoms with E-state index in [4.69, 9.17) is 4.74 Å². The van der Waals surface area contributed by atoms with Crippen LogP contribution >= 0.6 is 0 Å². The highest BCUT2D eigenvalue weighted by Gasteiger charge is 2.31. The number of carbonyl (C=O) groups excluding carboxylic acids is 1. The van der Waals surface area contributed by atoms with Gasteiger partial charge in [-0.05, 0) is 67.1 Å². The molecule has 0 aromatic heterocycles. The van der Waals surface area contributed by atoms with Crippen molar-refractivity contribution < 1.29 is 22.3 Å². The number of methoxy groups -OCH3 is 1. The Morgan fingerprint density at radius 3 is 2.28 bits per heavy atom. The summed E-state index contributed by atoms with van der Waals surface area (Å²) < 4.78 is 47.9. The number of ether oxygens (including phenoxy) is 1. The standard InChI is InChI=1S/C30H34FN3O4S/c1-38-29-11-10-27(39(36,37)34-14-12-24(13-15-34)20-23-6-3-2-4-7-23)22-28(29)32-16-18-33(19-17-32)30(35)25-8-5-9-26(31)21-25/h2-11,21-22,24H,12-20H2,1H3. The van der Waals surface area contributed by atoms with Crippen LogP contribution in [0.25, 0.3) is 0 Å². The Hall–Kier alpha value is -3.43. The van der Waals surface area contributed by atoms with Gasteiger partial charge in [0.05, 0.1) is 17.7 Å². The lowest BCUT2D eigenvalue weighted by molar-refractivity contribution is 0.0746. The molecule has 2 fully saturated rings. The molecule has 7 nitrogen and oxygen atoms in total. The molecule has 1 amide bonds. The molecule has 2 heterocycles. The van der Waals surface area contributed by atoms with E-state index in [9.17, 15) is 17.6 Å². The molecule has 2 saturated heterocycles. The van der Waals surface area contributed by atoms with Crippen molar-refractivity contribution in [1.29, 1.82) is 0 Å². The molecule has 206 valence electrons. The van der Waals surface area contributed by atoms with E-state index in [0.29, 0.717) is 62.2 Å². The van der Waals surface area contributed by atoms with Crippen LogP contribution in [0.15, 0.2) is 77.7 Å². The lowest BCUT2D eigenvalue weighted by Crippen LogP contribution is -2.49. The molecular formula is C30H34FN3O4S. The maximum absolute atomic E-state index is 13.6. The van der Waals surface area contributed by atoms with Crippen molar-refractivity contribution in [2.75, 3.05) is 51.3 Å². The number of nitrogens with zero attached hydrogens (tertiary/aromatic N) is 3. The average Bonchev–Trinajstić information content (AvgIpc) is 2.97. The molecule has 0 bridgehead atoms. The Morgan fingerprint density at radius 2 is 1.62 bits per heavy atom. The number of carbonyl (C=O) groups is 1. The van der Waals surface area contributed by atoms with Gasteiger partial charge in [0.2, 0.25) is 10.0 Å². The van der Waals surface area contributed by atoms with Gasteiger partial charge in [-0.15, -0.1) is 0 Å². The fraction of sp³-hybridized carbons (Fsp3) is 0.367. The zero-order valence-corrected chi connectivity index (χ0v) is 22.9. The third-order valence-electron chi connectivity index (χ3n) is 7.71. The van der Waals surface area contributed by atoms with Crippen LogP contribution in [0.2, 0.25) is 0 Å². The van der Waals surface area contributed by atoms with Gasteiger partial charge in [0.1, 0.15) is 11.6 Å². The first-order valence-electron chi connectivity index (χ1n) is 13.4. The quantitative estimate of drug-likeness (QED) is 0.434. The minimum atomic E-state index is -3.66. The Labute approximate surface area is 229 Å². The van der Waals surface area contributed by atoms with E-state index < -0.39 is 15.8 Å². The Kier molecular flexibility index (Phi) is 8.18. The molecule has 0 aliphatic carbocycles. The maximum atomic E-state index is 13.6. The highest BCUT2D eigenvalue weighted by Crippen LogP contribution is 2.34. The Balaban J connectivity index is 1.25. The molecule has 9 heteroatoms. The largest absolute Gasteiger partial charge is 0.495 e. The van der Waals surface area contributed by atoms with E-state index in [1.54, 1.807) is 40.6 Å². The number of hydrogen-bond acceptors (Lipinski definition) is 5. The number of rotatable bonds is 7. The smallest absolute Gasteiger partial charge is 0.254 e. The zero-order valence-electron chi connectivity index (χ0n) is 22.1. The fourth-order valence-electron chi connectivity index (χ4n) is 5.48. The lowest BCUT2D eigenvalue weighted by atomic mass is 9.91. The molecule has 0 saturated carbocycles. The van der Waals surface area contributed by atoms with Crippen LogP contribution in [0.4, 0.5) is 10.1 Å². The number of piperazine rings is 1. The number of sulfonamides is 1. The van der Waals surface area contributed by atoms with E-state index in [1.807, 2.05) is 23.1 Å². The fourth-order valence-corrected chi connectivity index (χ4v) is 6.97. The van der Waals surface area contributed by atoms with Gasteiger partial charge in [0.25, 0.3) is 5.91 Å². The molecule has 0 atom stereocenters. The van der Waals surface area contributed by atoms with E-state index in [1.165, 1.54) is 23.8 Å². The van der Waals surface area contributed by atoms with Gasteiger partial charge in [-0.25, -0.2) is 12.8 Å². The molecule has 39 heavy (non-hydrogen) atoms. The van der Waals surface area contributed by atoms with Gasteiger partial charge >= 0.3 is 0 Å². The van der Waals surface area contributed by atoms with Crippen molar-refractivity contribution in [3.63, 3.8) is 0 Å². The second-order valence-electron chi connectivity index (χ2n) is 10.2. The molecule has 5 rings (SSSR count). The van der Waals surface area contributed by atoms with Crippen LogP contribution in [-0.4, -0.2) is 69.9 Å². The molecule has 0 spiro atoms. The number of hydrogen-bond donors (Lipinski definition) is 0. The molecular weight excluding hydrogens is 517 g/mol. The van der Waals surface area contributed by atoms with Crippen molar-refractivity contribution >= 4 is 21.6 Å². The van der Waals surface area contributed by atoms with Gasteiger partial charge in [0.15, 0.2) is 0 Å². The average molecular weight is 552 g/mol. The predicted octanol–water partition coefficient (Wildman–Crippen LogP) is 4.44. The highest BCUT2D eigenvalue weighted by atomic mass is 32.2. The van der Waals surface area contributed by atoms with Crippen molar-refractivity contribution in [1.82, 2.24) is 9.21 Å². The van der Waals surface area contributed by atoms with Gasteiger partial charge in [-0.3, -0.25) is 4.79 Å². The topological polar surface area (TPSA) is 70.2 Å². The third kappa shape index (κ3) is 6.09. The molecule has 2 aliphatic rings. The van der Waals surface area contributed by atoms with E-state index in [0.717, 1.165) is 19.3 Å². The second-order valence-corrected chi connectivity index (χ2v) is 12.1. The van der Waals surface area contributed by atoms with E-state index in [-0.39, 0.29) is 10.8 Å². The molecule has 2 aliphatic heterocycles. The minimum absolute atomic E-state index is 0.215. The summed E-state index contributed by atoms with van der Waals surface area (Å²) in [5, 5.41) is 0. The number of piperidine rings is 1. The van der Waals surface area contributed by atoms with Crippen LogP contribution in [0, 0.1) is 11.7 Å². The van der Waals surface area contributed by atoms with Crippen LogP contribution in [-0.2, 0) is 16.4 Å². The summed E-state index contributed by atoms with van der Waals surface area (Å²) in [6.07, 6.45) is 2.63. The number of halogens is 1. The summed E-state index contributed by atoms with van der Waals surface area (Å²) in [6.45, 7) is 2.89. The van der Waals surface area contributed by atoms with Gasteiger partial charge in [0, 0.05) is 44.8 Å². The molecule has 3 aromatic carbocycles. The van der Waals surface area contributed by atoms with E-state index in [2.05, 4.69) is 12.1 Å². The Bertz CT molecular complexity index is 1400. The van der Waals surface area contributed by atoms with E-state index >= 15 is 0 Å². The first kappa shape index (κ1) is 27.1. The summed E-state index contributed by atoms with van der Waals surface area (Å²) in [5.41, 5.74) is 2.30. The van der Waals surface area contributed by atoms with Crippen LogP contribution in [0.3, 0.4) is 0 Å². The first-order valence-corrected chi connectivity index (χ1v) is 14.8. The monoisotopic (exact) mass is 551 g/mol. The molecule has 0 radical (unpaired) electrons. The van der Waals surface area contributed by atoms with Crippen molar-refractivity contribution in [3.8, 4) is 5.75 Å². The van der Waals surface area contributed by atoms with Crippen molar-refractivity contribution in [2.45, 2.75) is 24.2 Å². The van der Waals surface area contributed by atoms with Gasteiger partial charge < -0.3 is 14.5 Å². The summed E-state index contributed by atoms with van der Waals surface area (Å²) >= 11 is 0. The minimum Gasteiger partial charge on any atom is -0.495 e. The van der Waals surface area contributed by atoms with Crippen LogP contribution in [0.5, 0.6) is 5.75 Å². The highest BCUT2D eigenvalue weighted by molar-refractivity contribution is 7.89. The van der Waals surface area contributed by atoms with Crippen LogP contribution < -0.4 is 9.64 Å². The number of amides is 1. The third-order valence-corrected chi connectivity index (χ3v) is 9.60. The zero-order chi connectivity index (χ0) is 27.4. The Morgan fingerprint density at radius 1 is 0.897 bits per heavy atom. The molecule has 0 N–H and O–H groups in total. The predicted molar refractivity (Wildman–Crippen MR) is 149 cm³/mol. The second kappa shape index (κ2) is 11.8. The van der Waals surface area contributed by atoms with Gasteiger partial charge in [-0.1, -0.05) is 36.4 Å². The van der Waals surface area contributed by atoms with Crippen molar-refractivity contribution in [2.24, 2.45) is 5.92 Å². The maximum Gasteiger partial charge on any atom is 0.254 e. The summed E-state index contributed by atoms with van der Waals surface area (Å²) in [6, 6.07) is 21.0. The van der Waals surface area contributed by atoms with Crippen molar-refractivity contribution in [3.05, 3.63) is 89.7 Å². The summed E-state index contributed by atoms with van der Waals surface area (Å²) in [5.74, 6) is 0.396. The normalized spacial score (nSPS) is 17.3. The molecule has 3 aromatic rings. The molecule has 0 unspecified atom stereocenters. The SMILES string of the molecule is COc1ccc(S(=O)(=O)N2CCC(Cc3ccccc3)CC2)cc1N1CCN(C(=O)c2cccc(F)c2)CC1. The van der Waals surface area contributed by atoms with Gasteiger partial charge in [-0.2, -0.15) is 4.31 Å². The lowest BCUT2D eigenvalue weighted by Gasteiger charge is -2.37. The summed E-state index contributed by atoms with van der Waals surface area (Å²) in [7, 11) is -2.09. The number of anilines is 1. The summed E-state index contributed by atoms with van der Waals surface area (Å²) in [4.78, 5) is 16.8.